The van der Waals surface area contributed by atoms with E-state index in [1.165, 1.54) is 4.31 Å². The Morgan fingerprint density at radius 3 is 2.37 bits per heavy atom. The number of hydrogen-bond donors (Lipinski definition) is 3. The molecule has 2 heterocycles. The molecule has 2 aromatic carbocycles. The highest BCUT2D eigenvalue weighted by Gasteiger charge is 2.42. The summed E-state index contributed by atoms with van der Waals surface area (Å²) in [4.78, 5) is 34.1. The van der Waals surface area contributed by atoms with Gasteiger partial charge in [0.15, 0.2) is 5.78 Å². The number of nitriles is 1. The molecule has 1 aliphatic carbocycles. The number of piperazine rings is 1. The van der Waals surface area contributed by atoms with Crippen LogP contribution in [0.15, 0.2) is 35.2 Å². The lowest BCUT2D eigenvalue weighted by Crippen LogP contribution is -2.50. The van der Waals surface area contributed by atoms with Crippen molar-refractivity contribution in [1.29, 1.82) is 5.26 Å². The second kappa shape index (κ2) is 9.77. The van der Waals surface area contributed by atoms with Crippen LogP contribution in [0.5, 0.6) is 0 Å². The topological polar surface area (TPSA) is 133 Å². The fourth-order valence-corrected chi connectivity index (χ4v) is 6.77. The van der Waals surface area contributed by atoms with Crippen molar-refractivity contribution in [2.75, 3.05) is 45.2 Å². The molecule has 218 valence electrons. The number of ether oxygens (including phenoxy) is 1. The summed E-state index contributed by atoms with van der Waals surface area (Å²) in [5, 5.41) is 10.1. The molecule has 3 N–H and O–H groups in total. The highest BCUT2D eigenvalue weighted by molar-refractivity contribution is 8.22. The van der Waals surface area contributed by atoms with E-state index in [0.29, 0.717) is 54.1 Å². The first-order valence-electron chi connectivity index (χ1n) is 13.5. The minimum atomic E-state index is -3.43. The van der Waals surface area contributed by atoms with E-state index in [4.69, 9.17) is 4.74 Å². The third-order valence-corrected chi connectivity index (χ3v) is 9.81. The monoisotopic (exact) mass is 579 g/mol. The summed E-state index contributed by atoms with van der Waals surface area (Å²) in [6, 6.07) is 10.9. The van der Waals surface area contributed by atoms with Crippen LogP contribution >= 0.6 is 10.8 Å². The lowest BCUT2D eigenvalue weighted by atomic mass is 9.71. The number of ketones is 1. The van der Waals surface area contributed by atoms with Crippen molar-refractivity contribution in [3.63, 3.8) is 0 Å². The molecule has 3 aromatic rings. The van der Waals surface area contributed by atoms with E-state index >= 15 is 0 Å². The quantitative estimate of drug-likeness (QED) is 0.368. The number of aromatic amines is 1. The van der Waals surface area contributed by atoms with Crippen molar-refractivity contribution in [2.45, 2.75) is 50.5 Å². The molecule has 1 fully saturated rings. The number of anilines is 1. The zero-order valence-corrected chi connectivity index (χ0v) is 25.3. The van der Waals surface area contributed by atoms with Crippen molar-refractivity contribution < 1.29 is 23.4 Å². The molecule has 0 radical (unpaired) electrons. The first kappa shape index (κ1) is 29.0. The van der Waals surface area contributed by atoms with Crippen LogP contribution in [0.1, 0.15) is 67.4 Å². The Labute approximate surface area is 242 Å². The van der Waals surface area contributed by atoms with Gasteiger partial charge in [-0.2, -0.15) is 5.26 Å². The number of rotatable bonds is 3. The zero-order chi connectivity index (χ0) is 30.1. The van der Waals surface area contributed by atoms with Gasteiger partial charge in [0.1, 0.15) is 5.60 Å². The van der Waals surface area contributed by atoms with E-state index in [1.54, 1.807) is 43.3 Å². The lowest BCUT2D eigenvalue weighted by molar-refractivity contribution is 0.0240. The number of hydrogen-bond acceptors (Lipinski definition) is 8. The van der Waals surface area contributed by atoms with E-state index in [1.807, 2.05) is 45.6 Å². The van der Waals surface area contributed by atoms with Gasteiger partial charge in [-0.3, -0.25) is 13.9 Å². The number of aromatic nitrogens is 1. The standard InChI is InChI=1S/C30H37N5O5S/c1-29(2,3)40-28(37)35-12-10-34(11-13-35)23-16-21-20(15-24(23)41(38,39)33(6)7)26(36)25-19-9-8-18(17-31)14-22(19)32-27(25)30(21,4)5/h8-9,14-16,32,38-39H,10-13H2,1-7H3. The maximum atomic E-state index is 14.1. The summed E-state index contributed by atoms with van der Waals surface area (Å²) in [6.07, 6.45) is -0.377. The average Bonchev–Trinajstić information content (AvgIpc) is 3.30. The van der Waals surface area contributed by atoms with Crippen LogP contribution < -0.4 is 4.90 Å². The number of carbonyl (C=O) groups excluding carboxylic acids is 2. The van der Waals surface area contributed by atoms with Gasteiger partial charge in [-0.15, -0.1) is 10.8 Å². The van der Waals surface area contributed by atoms with Crippen LogP contribution in [0.3, 0.4) is 0 Å². The molecule has 2 aliphatic rings. The number of nitrogens with one attached hydrogen (secondary N) is 1. The van der Waals surface area contributed by atoms with Crippen LogP contribution in [0.25, 0.3) is 10.9 Å². The Kier molecular flexibility index (Phi) is 6.90. The molecule has 0 spiro atoms. The molecule has 0 bridgehead atoms. The van der Waals surface area contributed by atoms with E-state index in [-0.39, 0.29) is 16.8 Å². The highest BCUT2D eigenvalue weighted by Crippen LogP contribution is 2.56. The summed E-state index contributed by atoms with van der Waals surface area (Å²) < 4.78 is 29.6. The second-order valence-electron chi connectivity index (χ2n) is 12.4. The minimum Gasteiger partial charge on any atom is -0.444 e. The van der Waals surface area contributed by atoms with Gasteiger partial charge in [0, 0.05) is 67.8 Å². The molecule has 0 saturated carbocycles. The van der Waals surface area contributed by atoms with Crippen LogP contribution in [-0.4, -0.2) is 81.0 Å². The van der Waals surface area contributed by atoms with Gasteiger partial charge in [-0.1, -0.05) is 19.9 Å². The van der Waals surface area contributed by atoms with Crippen LogP contribution in [0.4, 0.5) is 10.5 Å². The molecule has 1 aliphatic heterocycles. The third kappa shape index (κ3) is 4.85. The van der Waals surface area contributed by atoms with Gasteiger partial charge in [0.05, 0.1) is 27.8 Å². The van der Waals surface area contributed by atoms with Crippen molar-refractivity contribution in [1.82, 2.24) is 14.2 Å². The van der Waals surface area contributed by atoms with E-state index in [0.717, 1.165) is 16.6 Å². The normalized spacial score (nSPS) is 17.3. The SMILES string of the molecule is CN(C)S(O)(O)c1cc2c(cc1N1CCN(C(=O)OC(C)(C)C)CC1)C(C)(C)c1[nH]c3cc(C#N)ccc3c1C2=O. The summed E-state index contributed by atoms with van der Waals surface area (Å²) in [7, 11) is -0.245. The molecular formula is C30H37N5O5S. The number of H-pyrrole nitrogens is 1. The Morgan fingerprint density at radius 1 is 1.12 bits per heavy atom. The maximum Gasteiger partial charge on any atom is 0.410 e. The van der Waals surface area contributed by atoms with Crippen molar-refractivity contribution >= 4 is 39.2 Å². The Balaban J connectivity index is 1.61. The summed E-state index contributed by atoms with van der Waals surface area (Å²) >= 11 is 0. The molecule has 1 aromatic heterocycles. The molecule has 1 amide bonds. The van der Waals surface area contributed by atoms with Gasteiger partial charge in [0.25, 0.3) is 0 Å². The molecule has 0 atom stereocenters. The maximum absolute atomic E-state index is 14.1. The van der Waals surface area contributed by atoms with E-state index < -0.39 is 21.8 Å². The predicted octanol–water partition coefficient (Wildman–Crippen LogP) is 5.55. The Hall–Kier alpha value is -3.56. The van der Waals surface area contributed by atoms with Gasteiger partial charge in [0.2, 0.25) is 0 Å². The molecule has 1 saturated heterocycles. The molecule has 0 unspecified atom stereocenters. The van der Waals surface area contributed by atoms with Crippen molar-refractivity contribution in [3.05, 3.63) is 58.3 Å². The zero-order valence-electron chi connectivity index (χ0n) is 24.5. The van der Waals surface area contributed by atoms with Gasteiger partial charge >= 0.3 is 6.09 Å². The smallest absolute Gasteiger partial charge is 0.410 e. The molecule has 11 heteroatoms. The number of nitrogens with zero attached hydrogens (tertiary/aromatic N) is 4. The summed E-state index contributed by atoms with van der Waals surface area (Å²) in [5.41, 5.74) is 3.07. The highest BCUT2D eigenvalue weighted by atomic mass is 32.3. The lowest BCUT2D eigenvalue weighted by Gasteiger charge is -2.44. The number of fused-ring (bicyclic) bond motifs is 4. The van der Waals surface area contributed by atoms with Crippen LogP contribution in [-0.2, 0) is 10.2 Å². The van der Waals surface area contributed by atoms with Crippen LogP contribution in [0, 0.1) is 11.3 Å². The number of amides is 1. The predicted molar refractivity (Wildman–Crippen MR) is 160 cm³/mol. The third-order valence-electron chi connectivity index (χ3n) is 7.87. The van der Waals surface area contributed by atoms with Crippen molar-refractivity contribution in [3.8, 4) is 6.07 Å². The summed E-state index contributed by atoms with van der Waals surface area (Å²) in [5.74, 6) is -0.207. The minimum absolute atomic E-state index is 0.207. The molecule has 41 heavy (non-hydrogen) atoms. The molecule has 5 rings (SSSR count). The van der Waals surface area contributed by atoms with Crippen LogP contribution in [0.2, 0.25) is 0 Å². The fourth-order valence-electron chi connectivity index (χ4n) is 5.63. The average molecular weight is 580 g/mol. The molecular weight excluding hydrogens is 542 g/mol. The molecule has 10 nitrogen and oxygen atoms in total. The van der Waals surface area contributed by atoms with E-state index in [2.05, 4.69) is 11.1 Å². The first-order valence-corrected chi connectivity index (χ1v) is 15.0. The van der Waals surface area contributed by atoms with Crippen molar-refractivity contribution in [2.24, 2.45) is 0 Å². The Bertz CT molecular complexity index is 1600. The van der Waals surface area contributed by atoms with Gasteiger partial charge in [-0.05, 0) is 50.6 Å². The second-order valence-corrected chi connectivity index (χ2v) is 14.6. The fraction of sp³-hybridized carbons (Fsp3) is 0.433. The Morgan fingerprint density at radius 2 is 1.78 bits per heavy atom. The largest absolute Gasteiger partial charge is 0.444 e. The number of benzene rings is 2. The van der Waals surface area contributed by atoms with Gasteiger partial charge in [-0.25, -0.2) is 9.10 Å². The summed E-state index contributed by atoms with van der Waals surface area (Å²) in [6.45, 7) is 11.3. The van der Waals surface area contributed by atoms with Gasteiger partial charge < -0.3 is 19.5 Å². The number of carbonyl (C=O) groups is 2. The van der Waals surface area contributed by atoms with E-state index in [9.17, 15) is 24.0 Å². The first-order chi connectivity index (χ1) is 19.1.